The Bertz CT molecular complexity index is 707. The molecular formula is C14H14F3N3OS. The maximum absolute atomic E-state index is 12.1. The van der Waals surface area contributed by atoms with Crippen molar-refractivity contribution in [2.75, 3.05) is 24.5 Å². The minimum absolute atomic E-state index is 0.405. The average Bonchev–Trinajstić information content (AvgIpc) is 2.76. The van der Waals surface area contributed by atoms with E-state index in [2.05, 4.69) is 4.98 Å². The summed E-state index contributed by atoms with van der Waals surface area (Å²) in [6.45, 7) is 1.54. The first-order chi connectivity index (χ1) is 10.3. The van der Waals surface area contributed by atoms with E-state index in [1.54, 1.807) is 0 Å². The first-order valence-electron chi connectivity index (χ1n) is 6.78. The number of thiazole rings is 1. The van der Waals surface area contributed by atoms with E-state index in [-0.39, 0.29) is 0 Å². The average molecular weight is 329 g/mol. The van der Waals surface area contributed by atoms with E-state index in [0.717, 1.165) is 20.9 Å². The van der Waals surface area contributed by atoms with Gasteiger partial charge in [-0.2, -0.15) is 13.2 Å². The molecule has 1 amide bonds. The monoisotopic (exact) mass is 329 g/mol. The van der Waals surface area contributed by atoms with E-state index in [1.807, 2.05) is 35.3 Å². The lowest BCUT2D eigenvalue weighted by Crippen LogP contribution is -2.54. The maximum Gasteiger partial charge on any atom is 0.405 e. The minimum Gasteiger partial charge on any atom is -0.347 e. The standard InChI is InChI=1S/C14H14F3N3OS/c1-8-2-3-10-11(4-8)22-13(19-10)20-5-9(6-20)12(21)18-7-14(15,16)17/h2-4,9H,5-7H2,1H3,(H,18,21). The molecule has 118 valence electrons. The normalized spacial score (nSPS) is 15.9. The van der Waals surface area contributed by atoms with Gasteiger partial charge < -0.3 is 10.2 Å². The molecule has 1 aromatic carbocycles. The Balaban J connectivity index is 1.59. The van der Waals surface area contributed by atoms with Gasteiger partial charge in [0.1, 0.15) is 6.54 Å². The summed E-state index contributed by atoms with van der Waals surface area (Å²) in [6.07, 6.45) is -4.37. The molecule has 1 aromatic heterocycles. The second-order valence-corrected chi connectivity index (χ2v) is 6.41. The van der Waals surface area contributed by atoms with Gasteiger partial charge in [-0.25, -0.2) is 4.98 Å². The van der Waals surface area contributed by atoms with Crippen molar-refractivity contribution in [2.45, 2.75) is 13.1 Å². The van der Waals surface area contributed by atoms with Crippen LogP contribution in [0.5, 0.6) is 0 Å². The van der Waals surface area contributed by atoms with Crippen molar-refractivity contribution in [3.63, 3.8) is 0 Å². The van der Waals surface area contributed by atoms with Crippen molar-refractivity contribution < 1.29 is 18.0 Å². The van der Waals surface area contributed by atoms with Gasteiger partial charge in [-0.15, -0.1) is 0 Å². The summed E-state index contributed by atoms with van der Waals surface area (Å²) in [7, 11) is 0. The molecule has 0 unspecified atom stereocenters. The highest BCUT2D eigenvalue weighted by atomic mass is 32.1. The predicted octanol–water partition coefficient (Wildman–Crippen LogP) is 2.72. The lowest BCUT2D eigenvalue weighted by molar-refractivity contribution is -0.141. The number of halogens is 3. The third-order valence-electron chi connectivity index (χ3n) is 3.52. The minimum atomic E-state index is -4.37. The van der Waals surface area contributed by atoms with Crippen molar-refractivity contribution in [1.29, 1.82) is 0 Å². The van der Waals surface area contributed by atoms with Crippen LogP contribution < -0.4 is 10.2 Å². The van der Waals surface area contributed by atoms with Crippen LogP contribution in [0.1, 0.15) is 5.56 Å². The van der Waals surface area contributed by atoms with Crippen LogP contribution in [0.2, 0.25) is 0 Å². The number of alkyl halides is 3. The van der Waals surface area contributed by atoms with Crippen LogP contribution in [0.4, 0.5) is 18.3 Å². The topological polar surface area (TPSA) is 45.2 Å². The van der Waals surface area contributed by atoms with Crippen molar-refractivity contribution in [3.05, 3.63) is 23.8 Å². The molecule has 1 N–H and O–H groups in total. The highest BCUT2D eigenvalue weighted by Crippen LogP contribution is 2.33. The largest absolute Gasteiger partial charge is 0.405 e. The molecule has 1 fully saturated rings. The first kappa shape index (κ1) is 15.1. The van der Waals surface area contributed by atoms with Gasteiger partial charge in [0, 0.05) is 13.1 Å². The Hall–Kier alpha value is -1.83. The van der Waals surface area contributed by atoms with Crippen molar-refractivity contribution >= 4 is 32.6 Å². The van der Waals surface area contributed by atoms with Crippen LogP contribution in [0.3, 0.4) is 0 Å². The zero-order valence-corrected chi connectivity index (χ0v) is 12.6. The Labute approximate surface area is 128 Å². The van der Waals surface area contributed by atoms with Gasteiger partial charge >= 0.3 is 6.18 Å². The molecule has 0 saturated carbocycles. The molecule has 22 heavy (non-hydrogen) atoms. The number of hydrogen-bond donors (Lipinski definition) is 1. The van der Waals surface area contributed by atoms with Gasteiger partial charge in [0.15, 0.2) is 5.13 Å². The lowest BCUT2D eigenvalue weighted by atomic mass is 10.0. The van der Waals surface area contributed by atoms with Crippen molar-refractivity contribution in [1.82, 2.24) is 10.3 Å². The SMILES string of the molecule is Cc1ccc2nc(N3CC(C(=O)NCC(F)(F)F)C3)sc2c1. The summed E-state index contributed by atoms with van der Waals surface area (Å²) < 4.78 is 37.3. The number of aryl methyl sites for hydroxylation is 1. The van der Waals surface area contributed by atoms with E-state index < -0.39 is 24.5 Å². The van der Waals surface area contributed by atoms with Crippen LogP contribution in [0.15, 0.2) is 18.2 Å². The van der Waals surface area contributed by atoms with Gasteiger partial charge in [-0.3, -0.25) is 4.79 Å². The molecule has 1 aliphatic rings. The van der Waals surface area contributed by atoms with Gasteiger partial charge in [-0.05, 0) is 24.6 Å². The number of fused-ring (bicyclic) bond motifs is 1. The summed E-state index contributed by atoms with van der Waals surface area (Å²) in [5, 5.41) is 2.73. The number of nitrogens with one attached hydrogen (secondary N) is 1. The number of benzene rings is 1. The highest BCUT2D eigenvalue weighted by Gasteiger charge is 2.36. The summed E-state index contributed by atoms with van der Waals surface area (Å²) in [5.74, 6) is -0.957. The smallest absolute Gasteiger partial charge is 0.347 e. The Morgan fingerprint density at radius 2 is 2.18 bits per heavy atom. The third kappa shape index (κ3) is 3.16. The van der Waals surface area contributed by atoms with Crippen LogP contribution in [-0.2, 0) is 4.79 Å². The highest BCUT2D eigenvalue weighted by molar-refractivity contribution is 7.22. The summed E-state index contributed by atoms with van der Waals surface area (Å²) in [4.78, 5) is 18.0. The van der Waals surface area contributed by atoms with Crippen LogP contribution >= 0.6 is 11.3 Å². The third-order valence-corrected chi connectivity index (χ3v) is 4.60. The van der Waals surface area contributed by atoms with Crippen molar-refractivity contribution in [3.8, 4) is 0 Å². The van der Waals surface area contributed by atoms with Crippen LogP contribution in [-0.4, -0.2) is 36.7 Å². The molecule has 2 aromatic rings. The lowest BCUT2D eigenvalue weighted by Gasteiger charge is -2.37. The van der Waals surface area contributed by atoms with Gasteiger partial charge in [0.25, 0.3) is 0 Å². The second-order valence-electron chi connectivity index (χ2n) is 5.40. The van der Waals surface area contributed by atoms with E-state index in [0.29, 0.717) is 13.1 Å². The van der Waals surface area contributed by atoms with Crippen LogP contribution in [0.25, 0.3) is 10.2 Å². The fourth-order valence-electron chi connectivity index (χ4n) is 2.29. The molecule has 0 atom stereocenters. The van der Waals surface area contributed by atoms with E-state index in [4.69, 9.17) is 0 Å². The number of aromatic nitrogens is 1. The predicted molar refractivity (Wildman–Crippen MR) is 79.1 cm³/mol. The molecule has 1 aliphatic heterocycles. The molecule has 0 aliphatic carbocycles. The Kier molecular flexibility index (Phi) is 3.72. The van der Waals surface area contributed by atoms with Gasteiger partial charge in [-0.1, -0.05) is 17.4 Å². The molecule has 2 heterocycles. The zero-order valence-electron chi connectivity index (χ0n) is 11.8. The molecule has 4 nitrogen and oxygen atoms in total. The molecule has 8 heteroatoms. The summed E-state index contributed by atoms with van der Waals surface area (Å²) in [6, 6.07) is 5.97. The van der Waals surface area contributed by atoms with E-state index >= 15 is 0 Å². The Morgan fingerprint density at radius 1 is 1.45 bits per heavy atom. The fraction of sp³-hybridized carbons (Fsp3) is 0.429. The molecule has 3 rings (SSSR count). The number of carbonyl (C=O) groups is 1. The fourth-order valence-corrected chi connectivity index (χ4v) is 3.37. The molecular weight excluding hydrogens is 315 g/mol. The quantitative estimate of drug-likeness (QED) is 0.942. The van der Waals surface area contributed by atoms with E-state index in [9.17, 15) is 18.0 Å². The molecule has 0 radical (unpaired) electrons. The molecule has 0 bridgehead atoms. The van der Waals surface area contributed by atoms with Crippen LogP contribution in [0, 0.1) is 12.8 Å². The zero-order chi connectivity index (χ0) is 15.9. The number of amides is 1. The van der Waals surface area contributed by atoms with Gasteiger partial charge in [0.2, 0.25) is 5.91 Å². The number of rotatable bonds is 3. The molecule has 1 saturated heterocycles. The number of hydrogen-bond acceptors (Lipinski definition) is 4. The molecule has 0 spiro atoms. The maximum atomic E-state index is 12.1. The number of anilines is 1. The first-order valence-corrected chi connectivity index (χ1v) is 7.60. The number of carbonyl (C=O) groups excluding carboxylic acids is 1. The summed E-state index contributed by atoms with van der Waals surface area (Å²) >= 11 is 1.53. The van der Waals surface area contributed by atoms with E-state index in [1.165, 1.54) is 11.3 Å². The second kappa shape index (κ2) is 5.42. The Morgan fingerprint density at radius 3 is 2.86 bits per heavy atom. The number of nitrogens with zero attached hydrogens (tertiary/aromatic N) is 2. The van der Waals surface area contributed by atoms with Gasteiger partial charge in [0.05, 0.1) is 16.1 Å². The van der Waals surface area contributed by atoms with Crippen molar-refractivity contribution in [2.24, 2.45) is 5.92 Å². The summed E-state index contributed by atoms with van der Waals surface area (Å²) in [5.41, 5.74) is 2.05.